The molecule has 1 heterocycles. The minimum Gasteiger partial charge on any atom is -0.440 e. The van der Waals surface area contributed by atoms with E-state index in [1.807, 2.05) is 45.9 Å². The van der Waals surface area contributed by atoms with Crippen molar-refractivity contribution in [3.05, 3.63) is 24.1 Å². The highest BCUT2D eigenvalue weighted by Gasteiger charge is 2.25. The number of nitrogens with two attached hydrogens (primary N) is 1. The number of oxazole rings is 1. The van der Waals surface area contributed by atoms with Gasteiger partial charge < -0.3 is 15.5 Å². The van der Waals surface area contributed by atoms with E-state index in [9.17, 15) is 4.79 Å². The molecule has 0 spiro atoms. The lowest BCUT2D eigenvalue weighted by atomic mass is 9.92. The van der Waals surface area contributed by atoms with Crippen LogP contribution in [0.4, 0.5) is 5.69 Å². The first kappa shape index (κ1) is 14.5. The monoisotopic (exact) mass is 275 g/mol. The van der Waals surface area contributed by atoms with Gasteiger partial charge in [0.25, 0.3) is 0 Å². The fourth-order valence-corrected chi connectivity index (χ4v) is 1.66. The van der Waals surface area contributed by atoms with Gasteiger partial charge in [-0.1, -0.05) is 13.8 Å². The van der Waals surface area contributed by atoms with Crippen molar-refractivity contribution in [2.45, 2.75) is 33.6 Å². The molecule has 0 unspecified atom stereocenters. The van der Waals surface area contributed by atoms with Gasteiger partial charge in [-0.15, -0.1) is 0 Å². The van der Waals surface area contributed by atoms with Gasteiger partial charge in [-0.3, -0.25) is 4.79 Å². The van der Waals surface area contributed by atoms with Crippen LogP contribution in [0.25, 0.3) is 11.1 Å². The van der Waals surface area contributed by atoms with E-state index in [-0.39, 0.29) is 11.8 Å². The highest BCUT2D eigenvalue weighted by atomic mass is 16.3. The first-order valence-electron chi connectivity index (χ1n) is 6.75. The number of fused-ring (bicyclic) bond motifs is 1. The van der Waals surface area contributed by atoms with Crippen molar-refractivity contribution >= 4 is 22.7 Å². The summed E-state index contributed by atoms with van der Waals surface area (Å²) in [6, 6.07) is 5.44. The fraction of sp³-hybridized carbons (Fsp3) is 0.467. The second kappa shape index (κ2) is 5.25. The molecule has 3 N–H and O–H groups in total. The lowest BCUT2D eigenvalue weighted by molar-refractivity contribution is -0.123. The summed E-state index contributed by atoms with van der Waals surface area (Å²) in [7, 11) is 0. The number of carbonyl (C=O) groups excluding carboxylic acids is 1. The van der Waals surface area contributed by atoms with Crippen molar-refractivity contribution in [3.8, 4) is 0 Å². The average molecular weight is 275 g/mol. The first-order valence-corrected chi connectivity index (χ1v) is 6.75. The van der Waals surface area contributed by atoms with Crippen LogP contribution in [0.2, 0.25) is 0 Å². The number of hydrogen-bond donors (Lipinski definition) is 2. The SMILES string of the molecule is CC(C)c1nc2cc(NC(=O)C(C)(C)CN)ccc2o1. The number of anilines is 1. The van der Waals surface area contributed by atoms with E-state index in [1.54, 1.807) is 0 Å². The van der Waals surface area contributed by atoms with Crippen LogP contribution < -0.4 is 11.1 Å². The lowest BCUT2D eigenvalue weighted by Gasteiger charge is -2.21. The van der Waals surface area contributed by atoms with Gasteiger partial charge in [-0.05, 0) is 32.0 Å². The average Bonchev–Trinajstić information content (AvgIpc) is 2.82. The maximum atomic E-state index is 12.1. The lowest BCUT2D eigenvalue weighted by Crippen LogP contribution is -2.37. The fourth-order valence-electron chi connectivity index (χ4n) is 1.66. The van der Waals surface area contributed by atoms with Crippen LogP contribution in [0.3, 0.4) is 0 Å². The quantitative estimate of drug-likeness (QED) is 0.899. The second-order valence-electron chi connectivity index (χ2n) is 5.93. The number of rotatable bonds is 4. The highest BCUT2D eigenvalue weighted by molar-refractivity contribution is 5.96. The van der Waals surface area contributed by atoms with E-state index in [4.69, 9.17) is 10.2 Å². The van der Waals surface area contributed by atoms with Crippen LogP contribution >= 0.6 is 0 Å². The van der Waals surface area contributed by atoms with Gasteiger partial charge in [0.2, 0.25) is 5.91 Å². The number of hydrogen-bond acceptors (Lipinski definition) is 4. The van der Waals surface area contributed by atoms with E-state index >= 15 is 0 Å². The van der Waals surface area contributed by atoms with Crippen molar-refractivity contribution < 1.29 is 9.21 Å². The number of nitrogens with one attached hydrogen (secondary N) is 1. The zero-order valence-corrected chi connectivity index (χ0v) is 12.4. The topological polar surface area (TPSA) is 81.2 Å². The summed E-state index contributed by atoms with van der Waals surface area (Å²) >= 11 is 0. The van der Waals surface area contributed by atoms with Crippen molar-refractivity contribution in [1.82, 2.24) is 4.98 Å². The minimum atomic E-state index is -0.595. The molecular formula is C15H21N3O2. The summed E-state index contributed by atoms with van der Waals surface area (Å²) in [5.74, 6) is 0.828. The van der Waals surface area contributed by atoms with Gasteiger partial charge in [0.15, 0.2) is 11.5 Å². The zero-order valence-electron chi connectivity index (χ0n) is 12.4. The Bertz CT molecular complexity index is 629. The molecular weight excluding hydrogens is 254 g/mol. The molecule has 0 radical (unpaired) electrons. The van der Waals surface area contributed by atoms with Crippen molar-refractivity contribution in [1.29, 1.82) is 0 Å². The molecule has 20 heavy (non-hydrogen) atoms. The summed E-state index contributed by atoms with van der Waals surface area (Å²) < 4.78 is 5.63. The Labute approximate surface area is 118 Å². The third kappa shape index (κ3) is 2.82. The van der Waals surface area contributed by atoms with Crippen LogP contribution in [0.1, 0.15) is 39.5 Å². The molecule has 0 saturated heterocycles. The standard InChI is InChI=1S/C15H21N3O2/c1-9(2)13-18-11-7-10(5-6-12(11)20-13)17-14(19)15(3,4)8-16/h5-7,9H,8,16H2,1-4H3,(H,17,19). The van der Waals surface area contributed by atoms with Gasteiger partial charge in [-0.25, -0.2) is 4.98 Å². The molecule has 0 aliphatic rings. The Morgan fingerprint density at radius 3 is 2.75 bits per heavy atom. The number of amides is 1. The summed E-state index contributed by atoms with van der Waals surface area (Å²) in [6.07, 6.45) is 0. The molecule has 0 atom stereocenters. The molecule has 5 heteroatoms. The maximum absolute atomic E-state index is 12.1. The molecule has 1 amide bonds. The van der Waals surface area contributed by atoms with Crippen molar-refractivity contribution in [2.24, 2.45) is 11.1 Å². The molecule has 0 saturated carbocycles. The van der Waals surface area contributed by atoms with Crippen LogP contribution in [-0.4, -0.2) is 17.4 Å². The first-order chi connectivity index (χ1) is 9.33. The van der Waals surface area contributed by atoms with Gasteiger partial charge in [0.05, 0.1) is 5.41 Å². The minimum absolute atomic E-state index is 0.105. The maximum Gasteiger partial charge on any atom is 0.231 e. The van der Waals surface area contributed by atoms with E-state index in [0.717, 1.165) is 11.1 Å². The largest absolute Gasteiger partial charge is 0.440 e. The van der Waals surface area contributed by atoms with Crippen LogP contribution in [0.15, 0.2) is 22.6 Å². The smallest absolute Gasteiger partial charge is 0.231 e. The van der Waals surface area contributed by atoms with E-state index in [0.29, 0.717) is 18.1 Å². The molecule has 1 aromatic heterocycles. The number of nitrogens with zero attached hydrogens (tertiary/aromatic N) is 1. The molecule has 0 bridgehead atoms. The van der Waals surface area contributed by atoms with Gasteiger partial charge in [0.1, 0.15) is 5.52 Å². The van der Waals surface area contributed by atoms with Gasteiger partial charge in [-0.2, -0.15) is 0 Å². The van der Waals surface area contributed by atoms with Gasteiger partial charge in [0, 0.05) is 18.2 Å². The molecule has 2 aromatic rings. The third-order valence-corrected chi connectivity index (χ3v) is 3.28. The summed E-state index contributed by atoms with van der Waals surface area (Å²) in [5, 5.41) is 2.86. The molecule has 0 fully saturated rings. The van der Waals surface area contributed by atoms with Crippen molar-refractivity contribution in [2.75, 3.05) is 11.9 Å². The Hall–Kier alpha value is -1.88. The third-order valence-electron chi connectivity index (χ3n) is 3.28. The number of carbonyl (C=O) groups is 1. The Kier molecular flexibility index (Phi) is 3.81. The summed E-state index contributed by atoms with van der Waals surface area (Å²) in [4.78, 5) is 16.5. The van der Waals surface area contributed by atoms with E-state index < -0.39 is 5.41 Å². The van der Waals surface area contributed by atoms with Crippen LogP contribution in [-0.2, 0) is 4.79 Å². The van der Waals surface area contributed by atoms with Gasteiger partial charge >= 0.3 is 0 Å². The van der Waals surface area contributed by atoms with E-state index in [2.05, 4.69) is 10.3 Å². The molecule has 0 aliphatic carbocycles. The Balaban J connectivity index is 2.26. The molecule has 1 aromatic carbocycles. The molecule has 108 valence electrons. The molecule has 5 nitrogen and oxygen atoms in total. The number of aromatic nitrogens is 1. The Morgan fingerprint density at radius 1 is 1.45 bits per heavy atom. The van der Waals surface area contributed by atoms with E-state index in [1.165, 1.54) is 0 Å². The summed E-state index contributed by atoms with van der Waals surface area (Å²) in [5.41, 5.74) is 7.18. The molecule has 0 aliphatic heterocycles. The summed E-state index contributed by atoms with van der Waals surface area (Å²) in [6.45, 7) is 7.97. The normalized spacial score (nSPS) is 12.1. The predicted molar refractivity (Wildman–Crippen MR) is 79.6 cm³/mol. The van der Waals surface area contributed by atoms with Crippen LogP contribution in [0.5, 0.6) is 0 Å². The van der Waals surface area contributed by atoms with Crippen molar-refractivity contribution in [3.63, 3.8) is 0 Å². The van der Waals surface area contributed by atoms with Crippen LogP contribution in [0, 0.1) is 5.41 Å². The zero-order chi connectivity index (χ0) is 14.9. The predicted octanol–water partition coefficient (Wildman–Crippen LogP) is 2.87. The number of benzene rings is 1. The second-order valence-corrected chi connectivity index (χ2v) is 5.93. The molecule has 2 rings (SSSR count). The Morgan fingerprint density at radius 2 is 2.15 bits per heavy atom. The highest BCUT2D eigenvalue weighted by Crippen LogP contribution is 2.24.